The number of hydrogen-bond donors (Lipinski definition) is 0. The summed E-state index contributed by atoms with van der Waals surface area (Å²) in [6, 6.07) is 0. The lowest BCUT2D eigenvalue weighted by Gasteiger charge is -2.29. The van der Waals surface area contributed by atoms with Gasteiger partial charge in [-0.05, 0) is 19.9 Å². The van der Waals surface area contributed by atoms with E-state index in [4.69, 9.17) is 9.47 Å². The van der Waals surface area contributed by atoms with Crippen LogP contribution in [-0.2, 0) is 14.3 Å². The summed E-state index contributed by atoms with van der Waals surface area (Å²) in [4.78, 5) is 16.0. The van der Waals surface area contributed by atoms with Gasteiger partial charge in [0.1, 0.15) is 0 Å². The Hall–Kier alpha value is -0.650. The van der Waals surface area contributed by atoms with Crippen molar-refractivity contribution < 1.29 is 14.3 Å². The van der Waals surface area contributed by atoms with Crippen LogP contribution in [0.3, 0.4) is 0 Å². The van der Waals surface area contributed by atoms with Crippen molar-refractivity contribution in [1.29, 1.82) is 0 Å². The predicted octanol–water partition coefficient (Wildman–Crippen LogP) is 0.594. The van der Waals surface area contributed by atoms with Gasteiger partial charge in [-0.3, -0.25) is 14.6 Å². The number of carbonyl (C=O) groups excluding carboxylic acids is 1. The van der Waals surface area contributed by atoms with E-state index in [9.17, 15) is 4.79 Å². The van der Waals surface area contributed by atoms with Crippen molar-refractivity contribution in [2.24, 2.45) is 0 Å². The van der Waals surface area contributed by atoms with Gasteiger partial charge in [-0.25, -0.2) is 0 Å². The van der Waals surface area contributed by atoms with Crippen molar-refractivity contribution in [3.05, 3.63) is 0 Å². The quantitative estimate of drug-likeness (QED) is 0.596. The maximum Gasteiger partial charge on any atom is 0.320 e. The lowest BCUT2D eigenvalue weighted by molar-refractivity contribution is -0.144. The highest BCUT2D eigenvalue weighted by molar-refractivity contribution is 5.71. The van der Waals surface area contributed by atoms with Gasteiger partial charge in [-0.2, -0.15) is 0 Å². The van der Waals surface area contributed by atoms with Crippen LogP contribution in [-0.4, -0.2) is 74.9 Å². The minimum Gasteiger partial charge on any atom is -0.465 e. The first-order valence-electron chi connectivity index (χ1n) is 6.94. The Morgan fingerprint density at radius 3 is 2.61 bits per heavy atom. The third kappa shape index (κ3) is 6.33. The topological polar surface area (TPSA) is 42.0 Å². The minimum absolute atomic E-state index is 0.118. The Labute approximate surface area is 110 Å². The van der Waals surface area contributed by atoms with Gasteiger partial charge in [0.25, 0.3) is 0 Å². The van der Waals surface area contributed by atoms with E-state index in [2.05, 4.69) is 16.7 Å². The van der Waals surface area contributed by atoms with Crippen LogP contribution in [0.5, 0.6) is 0 Å². The first kappa shape index (κ1) is 15.4. The van der Waals surface area contributed by atoms with Crippen LogP contribution in [0.15, 0.2) is 0 Å². The van der Waals surface area contributed by atoms with E-state index in [-0.39, 0.29) is 5.97 Å². The zero-order valence-corrected chi connectivity index (χ0v) is 11.7. The molecule has 0 unspecified atom stereocenters. The number of ether oxygens (including phenoxy) is 2. The molecule has 5 nitrogen and oxygen atoms in total. The van der Waals surface area contributed by atoms with E-state index in [0.717, 1.165) is 52.4 Å². The molecule has 106 valence electrons. The first-order chi connectivity index (χ1) is 8.76. The van der Waals surface area contributed by atoms with Crippen molar-refractivity contribution >= 4 is 5.97 Å². The Morgan fingerprint density at radius 2 is 2.00 bits per heavy atom. The number of rotatable bonds is 8. The van der Waals surface area contributed by atoms with E-state index in [1.165, 1.54) is 0 Å². The highest BCUT2D eigenvalue weighted by Gasteiger charge is 2.14. The van der Waals surface area contributed by atoms with Crippen LogP contribution in [0, 0.1) is 0 Å². The van der Waals surface area contributed by atoms with Gasteiger partial charge in [0.15, 0.2) is 0 Å². The second kappa shape index (κ2) is 9.30. The number of morpholine rings is 1. The van der Waals surface area contributed by atoms with Gasteiger partial charge in [-0.1, -0.05) is 6.92 Å². The van der Waals surface area contributed by atoms with Crippen LogP contribution in [0.25, 0.3) is 0 Å². The Bertz CT molecular complexity index is 230. The largest absolute Gasteiger partial charge is 0.465 e. The Kier molecular flexibility index (Phi) is 7.96. The molecule has 0 aromatic rings. The molecule has 5 heteroatoms. The van der Waals surface area contributed by atoms with Crippen molar-refractivity contribution in [2.75, 3.05) is 59.1 Å². The molecule has 0 aromatic heterocycles. The van der Waals surface area contributed by atoms with E-state index in [0.29, 0.717) is 13.2 Å². The van der Waals surface area contributed by atoms with Crippen molar-refractivity contribution in [1.82, 2.24) is 9.80 Å². The van der Waals surface area contributed by atoms with Gasteiger partial charge in [0.05, 0.1) is 26.4 Å². The summed E-state index contributed by atoms with van der Waals surface area (Å²) in [5, 5.41) is 0. The monoisotopic (exact) mass is 258 g/mol. The Balaban J connectivity index is 2.25. The summed E-state index contributed by atoms with van der Waals surface area (Å²) >= 11 is 0. The number of hydrogen-bond acceptors (Lipinski definition) is 5. The summed E-state index contributed by atoms with van der Waals surface area (Å²) in [6.45, 7) is 11.4. The lowest BCUT2D eigenvalue weighted by atomic mass is 10.3. The van der Waals surface area contributed by atoms with Gasteiger partial charge in [-0.15, -0.1) is 0 Å². The standard InChI is InChI=1S/C13H26N2O3/c1-3-5-15(12-13(16)18-4-2)7-6-14-8-10-17-11-9-14/h3-12H2,1-2H3. The van der Waals surface area contributed by atoms with Gasteiger partial charge in [0, 0.05) is 26.2 Å². The normalized spacial score (nSPS) is 17.1. The fourth-order valence-electron chi connectivity index (χ4n) is 2.08. The molecule has 1 fully saturated rings. The highest BCUT2D eigenvalue weighted by atomic mass is 16.5. The molecule has 0 atom stereocenters. The molecule has 1 aliphatic rings. The summed E-state index contributed by atoms with van der Waals surface area (Å²) in [5.74, 6) is -0.118. The molecule has 0 aromatic carbocycles. The molecule has 0 amide bonds. The molecule has 1 rings (SSSR count). The smallest absolute Gasteiger partial charge is 0.320 e. The van der Waals surface area contributed by atoms with Gasteiger partial charge < -0.3 is 9.47 Å². The highest BCUT2D eigenvalue weighted by Crippen LogP contribution is 1.99. The van der Waals surface area contributed by atoms with E-state index < -0.39 is 0 Å². The van der Waals surface area contributed by atoms with E-state index in [1.807, 2.05) is 6.92 Å². The van der Waals surface area contributed by atoms with Crippen LogP contribution in [0.1, 0.15) is 20.3 Å². The fourth-order valence-corrected chi connectivity index (χ4v) is 2.08. The molecule has 1 saturated heterocycles. The zero-order chi connectivity index (χ0) is 13.2. The molecule has 1 heterocycles. The lowest BCUT2D eigenvalue weighted by Crippen LogP contribution is -2.43. The summed E-state index contributed by atoms with van der Waals surface area (Å²) < 4.78 is 10.3. The van der Waals surface area contributed by atoms with Gasteiger partial charge >= 0.3 is 5.97 Å². The SMILES string of the molecule is CCCN(CCN1CCOCC1)CC(=O)OCC. The average Bonchev–Trinajstić information content (AvgIpc) is 2.38. The summed E-state index contributed by atoms with van der Waals surface area (Å²) in [7, 11) is 0. The minimum atomic E-state index is -0.118. The summed E-state index contributed by atoms with van der Waals surface area (Å²) in [6.07, 6.45) is 1.06. The van der Waals surface area contributed by atoms with Crippen molar-refractivity contribution in [3.63, 3.8) is 0 Å². The molecule has 0 bridgehead atoms. The van der Waals surface area contributed by atoms with Crippen LogP contribution in [0.2, 0.25) is 0 Å². The van der Waals surface area contributed by atoms with Crippen molar-refractivity contribution in [2.45, 2.75) is 20.3 Å². The first-order valence-corrected chi connectivity index (χ1v) is 6.94. The molecular formula is C13H26N2O3. The average molecular weight is 258 g/mol. The molecule has 0 saturated carbocycles. The van der Waals surface area contributed by atoms with Crippen LogP contribution < -0.4 is 0 Å². The van der Waals surface area contributed by atoms with Gasteiger partial charge in [0.2, 0.25) is 0 Å². The molecule has 0 aliphatic carbocycles. The molecule has 0 spiro atoms. The summed E-state index contributed by atoms with van der Waals surface area (Å²) in [5.41, 5.74) is 0. The van der Waals surface area contributed by atoms with Crippen LogP contribution >= 0.6 is 0 Å². The molecule has 0 N–H and O–H groups in total. The van der Waals surface area contributed by atoms with Crippen LogP contribution in [0.4, 0.5) is 0 Å². The second-order valence-corrected chi connectivity index (χ2v) is 4.54. The molecule has 0 radical (unpaired) electrons. The molecule has 1 aliphatic heterocycles. The second-order valence-electron chi connectivity index (χ2n) is 4.54. The third-order valence-corrected chi connectivity index (χ3v) is 3.03. The predicted molar refractivity (Wildman–Crippen MR) is 70.6 cm³/mol. The maximum absolute atomic E-state index is 11.5. The van der Waals surface area contributed by atoms with E-state index in [1.54, 1.807) is 0 Å². The third-order valence-electron chi connectivity index (χ3n) is 3.03. The van der Waals surface area contributed by atoms with Crippen molar-refractivity contribution in [3.8, 4) is 0 Å². The molecular weight excluding hydrogens is 232 g/mol. The zero-order valence-electron chi connectivity index (χ0n) is 11.7. The number of carbonyl (C=O) groups is 1. The maximum atomic E-state index is 11.5. The van der Waals surface area contributed by atoms with E-state index >= 15 is 0 Å². The fraction of sp³-hybridized carbons (Fsp3) is 0.923. The Morgan fingerprint density at radius 1 is 1.28 bits per heavy atom. The number of nitrogens with zero attached hydrogens (tertiary/aromatic N) is 2. The molecule has 18 heavy (non-hydrogen) atoms. The number of esters is 1.